The van der Waals surface area contributed by atoms with E-state index >= 15 is 0 Å². The molecule has 10 heteroatoms. The van der Waals surface area contributed by atoms with E-state index in [-0.39, 0.29) is 29.8 Å². The number of hydrogen-bond donors (Lipinski definition) is 2. The molecule has 1 heterocycles. The van der Waals surface area contributed by atoms with Gasteiger partial charge in [-0.15, -0.1) is 24.0 Å². The number of nitrogens with zero attached hydrogens (tertiary/aromatic N) is 3. The quantitative estimate of drug-likeness (QED) is 0.231. The van der Waals surface area contributed by atoms with E-state index in [9.17, 15) is 4.39 Å². The van der Waals surface area contributed by atoms with Gasteiger partial charge < -0.3 is 29.4 Å². The molecule has 0 saturated carbocycles. The number of aromatic nitrogens is 2. The third-order valence-electron chi connectivity index (χ3n) is 4.74. The van der Waals surface area contributed by atoms with Crippen LogP contribution in [-0.2, 0) is 13.1 Å². The molecule has 0 bridgehead atoms. The Kier molecular flexibility index (Phi) is 10.2. The van der Waals surface area contributed by atoms with Gasteiger partial charge in [0.25, 0.3) is 0 Å². The van der Waals surface area contributed by atoms with Crippen LogP contribution in [0, 0.1) is 5.82 Å². The van der Waals surface area contributed by atoms with E-state index in [1.165, 1.54) is 6.07 Å². The minimum atomic E-state index is -0.318. The first-order valence-electron chi connectivity index (χ1n) is 10.2. The molecule has 0 radical (unpaired) electrons. The number of nitrogens with one attached hydrogen (secondary N) is 2. The summed E-state index contributed by atoms with van der Waals surface area (Å²) in [6, 6.07) is 8.82. The van der Waals surface area contributed by atoms with Gasteiger partial charge in [0.05, 0.1) is 39.9 Å². The summed E-state index contributed by atoms with van der Waals surface area (Å²) >= 11 is 0. The van der Waals surface area contributed by atoms with Crippen LogP contribution < -0.4 is 24.8 Å². The molecule has 2 aromatic carbocycles. The van der Waals surface area contributed by atoms with E-state index in [2.05, 4.69) is 20.6 Å². The molecular weight excluding hydrogens is 540 g/mol. The lowest BCUT2D eigenvalue weighted by molar-refractivity contribution is 0.324. The average molecular weight is 569 g/mol. The molecule has 8 nitrogen and oxygen atoms in total. The Balaban J connectivity index is 0.00000385. The molecule has 0 amide bonds. The molecule has 0 atom stereocenters. The van der Waals surface area contributed by atoms with Crippen LogP contribution in [0.3, 0.4) is 0 Å². The number of benzene rings is 2. The average Bonchev–Trinajstić information content (AvgIpc) is 3.34. The van der Waals surface area contributed by atoms with Gasteiger partial charge in [0, 0.05) is 25.5 Å². The van der Waals surface area contributed by atoms with Crippen molar-refractivity contribution in [2.45, 2.75) is 20.0 Å². The number of halogens is 2. The van der Waals surface area contributed by atoms with Crippen molar-refractivity contribution < 1.29 is 18.6 Å². The van der Waals surface area contributed by atoms with Crippen LogP contribution >= 0.6 is 24.0 Å². The number of methoxy groups -OCH3 is 3. The number of aliphatic imine (C=N–C) groups is 1. The zero-order valence-corrected chi connectivity index (χ0v) is 21.4. The summed E-state index contributed by atoms with van der Waals surface area (Å²) in [4.78, 5) is 8.58. The largest absolute Gasteiger partial charge is 0.493 e. The highest BCUT2D eigenvalue weighted by atomic mass is 127. The normalized spacial score (nSPS) is 10.9. The van der Waals surface area contributed by atoms with Gasteiger partial charge in [-0.05, 0) is 42.3 Å². The summed E-state index contributed by atoms with van der Waals surface area (Å²) in [6.45, 7) is 3.48. The summed E-state index contributed by atoms with van der Waals surface area (Å²) in [5, 5.41) is 6.43. The van der Waals surface area contributed by atoms with Gasteiger partial charge in [-0.25, -0.2) is 14.4 Å². The van der Waals surface area contributed by atoms with Gasteiger partial charge >= 0.3 is 0 Å². The summed E-state index contributed by atoms with van der Waals surface area (Å²) in [6.07, 6.45) is 4.88. The van der Waals surface area contributed by atoms with E-state index in [0.717, 1.165) is 11.1 Å². The fourth-order valence-corrected chi connectivity index (χ4v) is 3.20. The van der Waals surface area contributed by atoms with Gasteiger partial charge in [-0.3, -0.25) is 0 Å². The Morgan fingerprint density at radius 2 is 1.76 bits per heavy atom. The van der Waals surface area contributed by atoms with Crippen LogP contribution in [0.4, 0.5) is 4.39 Å². The van der Waals surface area contributed by atoms with E-state index in [0.29, 0.717) is 48.5 Å². The van der Waals surface area contributed by atoms with Gasteiger partial charge in [-0.2, -0.15) is 0 Å². The maximum atomic E-state index is 14.5. The second-order valence-corrected chi connectivity index (χ2v) is 6.84. The Morgan fingerprint density at radius 1 is 1.03 bits per heavy atom. The van der Waals surface area contributed by atoms with Crippen LogP contribution in [-0.4, -0.2) is 43.4 Å². The minimum Gasteiger partial charge on any atom is -0.493 e. The Hall–Kier alpha value is -3.02. The monoisotopic (exact) mass is 569 g/mol. The molecule has 0 aliphatic carbocycles. The SMILES string of the molecule is CCNC(=NCc1cc(OC)c(OC)c(OC)c1)NCc1ccc(-n2ccnc2)c(F)c1.I. The second kappa shape index (κ2) is 12.9. The highest BCUT2D eigenvalue weighted by Gasteiger charge is 2.13. The summed E-state index contributed by atoms with van der Waals surface area (Å²) in [5.41, 5.74) is 2.14. The first-order valence-corrected chi connectivity index (χ1v) is 10.2. The fraction of sp³-hybridized carbons (Fsp3) is 0.304. The third-order valence-corrected chi connectivity index (χ3v) is 4.74. The van der Waals surface area contributed by atoms with E-state index in [1.54, 1.807) is 50.7 Å². The van der Waals surface area contributed by atoms with Crippen LogP contribution in [0.5, 0.6) is 17.2 Å². The molecule has 0 unspecified atom stereocenters. The summed E-state index contributed by atoms with van der Waals surface area (Å²) < 4.78 is 32.3. The smallest absolute Gasteiger partial charge is 0.203 e. The lowest BCUT2D eigenvalue weighted by Crippen LogP contribution is -2.36. The van der Waals surface area contributed by atoms with Crippen LogP contribution in [0.2, 0.25) is 0 Å². The summed E-state index contributed by atoms with van der Waals surface area (Å²) in [5.74, 6) is 1.97. The first-order chi connectivity index (χ1) is 15.6. The topological polar surface area (TPSA) is 81.9 Å². The van der Waals surface area contributed by atoms with Crippen molar-refractivity contribution in [3.8, 4) is 22.9 Å². The van der Waals surface area contributed by atoms with E-state index in [4.69, 9.17) is 14.2 Å². The third kappa shape index (κ3) is 6.73. The number of rotatable bonds is 9. The van der Waals surface area contributed by atoms with Gasteiger partial charge in [-0.1, -0.05) is 6.07 Å². The molecule has 3 aromatic rings. The van der Waals surface area contributed by atoms with Crippen LogP contribution in [0.1, 0.15) is 18.1 Å². The van der Waals surface area contributed by atoms with Crippen LogP contribution in [0.15, 0.2) is 54.0 Å². The first kappa shape index (κ1) is 26.2. The van der Waals surface area contributed by atoms with Crippen molar-refractivity contribution in [2.24, 2.45) is 4.99 Å². The Bertz CT molecular complexity index is 1040. The minimum absolute atomic E-state index is 0. The molecule has 0 fully saturated rings. The molecule has 1 aromatic heterocycles. The fourth-order valence-electron chi connectivity index (χ4n) is 3.20. The predicted molar refractivity (Wildman–Crippen MR) is 137 cm³/mol. The number of ether oxygens (including phenoxy) is 3. The molecule has 0 aliphatic rings. The number of guanidine groups is 1. The standard InChI is InChI=1S/C23H28FN5O3.HI/c1-5-26-23(28-14-17-11-20(30-2)22(32-4)21(12-17)31-3)27-13-16-6-7-19(18(24)10-16)29-9-8-25-15-29;/h6-12,15H,5,13-14H2,1-4H3,(H2,26,27,28);1H. The molecular formula is C23H29FIN5O3. The Morgan fingerprint density at radius 3 is 2.30 bits per heavy atom. The molecule has 33 heavy (non-hydrogen) atoms. The van der Waals surface area contributed by atoms with Crippen molar-refractivity contribution in [1.29, 1.82) is 0 Å². The highest BCUT2D eigenvalue weighted by molar-refractivity contribution is 14.0. The molecule has 2 N–H and O–H groups in total. The summed E-state index contributed by atoms with van der Waals surface area (Å²) in [7, 11) is 4.72. The van der Waals surface area contributed by atoms with Crippen molar-refractivity contribution in [1.82, 2.24) is 20.2 Å². The zero-order chi connectivity index (χ0) is 22.9. The lowest BCUT2D eigenvalue weighted by atomic mass is 10.2. The highest BCUT2D eigenvalue weighted by Crippen LogP contribution is 2.38. The van der Waals surface area contributed by atoms with Gasteiger partial charge in [0.15, 0.2) is 17.5 Å². The molecule has 0 aliphatic heterocycles. The van der Waals surface area contributed by atoms with Crippen molar-refractivity contribution >= 4 is 29.9 Å². The van der Waals surface area contributed by atoms with Gasteiger partial charge in [0.2, 0.25) is 5.75 Å². The van der Waals surface area contributed by atoms with E-state index in [1.807, 2.05) is 25.1 Å². The van der Waals surface area contributed by atoms with E-state index < -0.39 is 0 Å². The molecule has 178 valence electrons. The second-order valence-electron chi connectivity index (χ2n) is 6.84. The van der Waals surface area contributed by atoms with Crippen LogP contribution in [0.25, 0.3) is 5.69 Å². The molecule has 0 saturated heterocycles. The van der Waals surface area contributed by atoms with Crippen molar-refractivity contribution in [3.63, 3.8) is 0 Å². The lowest BCUT2D eigenvalue weighted by Gasteiger charge is -2.15. The number of hydrogen-bond acceptors (Lipinski definition) is 5. The number of imidazole rings is 1. The van der Waals surface area contributed by atoms with Crippen molar-refractivity contribution in [3.05, 3.63) is 66.0 Å². The Labute approximate surface area is 210 Å². The predicted octanol–water partition coefficient (Wildman–Crippen LogP) is 3.91. The zero-order valence-electron chi connectivity index (χ0n) is 19.1. The molecule has 3 rings (SSSR count). The molecule has 0 spiro atoms. The maximum absolute atomic E-state index is 14.5. The maximum Gasteiger partial charge on any atom is 0.203 e. The van der Waals surface area contributed by atoms with Gasteiger partial charge in [0.1, 0.15) is 5.82 Å². The van der Waals surface area contributed by atoms with Crippen molar-refractivity contribution in [2.75, 3.05) is 27.9 Å².